The van der Waals surface area contributed by atoms with Gasteiger partial charge in [0.2, 0.25) is 0 Å². The molecule has 0 amide bonds. The van der Waals surface area contributed by atoms with E-state index >= 15 is 0 Å². The molecule has 0 fully saturated rings. The van der Waals surface area contributed by atoms with Crippen molar-refractivity contribution in [3.05, 3.63) is 0 Å². The quantitative estimate of drug-likeness (QED) is 0.587. The van der Waals surface area contributed by atoms with Crippen LogP contribution in [0.25, 0.3) is 0 Å². The molecule has 0 aliphatic rings. The van der Waals surface area contributed by atoms with Gasteiger partial charge in [0, 0.05) is 6.54 Å². The summed E-state index contributed by atoms with van der Waals surface area (Å²) in [5.41, 5.74) is 5.38. The van der Waals surface area contributed by atoms with E-state index in [1.807, 2.05) is 25.9 Å². The molecule has 0 bridgehead atoms. The minimum Gasteiger partial charge on any atom is -0.480 e. The fourth-order valence-corrected chi connectivity index (χ4v) is 0.933. The summed E-state index contributed by atoms with van der Waals surface area (Å²) >= 11 is 0. The Morgan fingerprint density at radius 1 is 1.64 bits per heavy atom. The molecule has 0 aromatic carbocycles. The van der Waals surface area contributed by atoms with Gasteiger partial charge in [0.05, 0.1) is 0 Å². The van der Waals surface area contributed by atoms with Crippen LogP contribution < -0.4 is 5.73 Å². The average molecular weight is 160 g/mol. The van der Waals surface area contributed by atoms with Crippen LogP contribution in [-0.4, -0.2) is 42.7 Å². The van der Waals surface area contributed by atoms with Crippen LogP contribution >= 0.6 is 0 Å². The Morgan fingerprint density at radius 3 is 2.36 bits per heavy atom. The van der Waals surface area contributed by atoms with Crippen molar-refractivity contribution in [2.45, 2.75) is 13.0 Å². The molecule has 0 aromatic heterocycles. The van der Waals surface area contributed by atoms with E-state index in [9.17, 15) is 4.79 Å². The summed E-state index contributed by atoms with van der Waals surface area (Å²) in [6.45, 7) is 2.53. The molecule has 0 saturated carbocycles. The van der Waals surface area contributed by atoms with Crippen molar-refractivity contribution in [3.63, 3.8) is 0 Å². The second-order valence-corrected chi connectivity index (χ2v) is 3.10. The summed E-state index contributed by atoms with van der Waals surface area (Å²) < 4.78 is 0. The first kappa shape index (κ1) is 10.4. The summed E-state index contributed by atoms with van der Waals surface area (Å²) in [6.07, 6.45) is 0. The maximum absolute atomic E-state index is 10.4. The highest BCUT2D eigenvalue weighted by atomic mass is 16.4. The van der Waals surface area contributed by atoms with Crippen LogP contribution in [0.2, 0.25) is 0 Å². The van der Waals surface area contributed by atoms with Crippen LogP contribution in [0, 0.1) is 5.92 Å². The molecule has 4 heteroatoms. The number of carboxylic acids is 1. The van der Waals surface area contributed by atoms with Crippen molar-refractivity contribution in [3.8, 4) is 0 Å². The fraction of sp³-hybridized carbons (Fsp3) is 0.857. The van der Waals surface area contributed by atoms with Gasteiger partial charge in [-0.25, -0.2) is 0 Å². The first-order valence-electron chi connectivity index (χ1n) is 3.58. The number of nitrogens with two attached hydrogens (primary N) is 1. The molecule has 0 saturated heterocycles. The molecule has 11 heavy (non-hydrogen) atoms. The second-order valence-electron chi connectivity index (χ2n) is 3.10. The number of hydrogen-bond donors (Lipinski definition) is 2. The van der Waals surface area contributed by atoms with Crippen LogP contribution in [0.1, 0.15) is 6.92 Å². The molecule has 0 radical (unpaired) electrons. The molecule has 66 valence electrons. The van der Waals surface area contributed by atoms with Gasteiger partial charge >= 0.3 is 5.97 Å². The van der Waals surface area contributed by atoms with Gasteiger partial charge in [-0.3, -0.25) is 4.79 Å². The predicted molar refractivity (Wildman–Crippen MR) is 43.3 cm³/mol. The average Bonchev–Trinajstić information content (AvgIpc) is 1.84. The highest BCUT2D eigenvalue weighted by molar-refractivity contribution is 5.73. The molecule has 4 nitrogen and oxygen atoms in total. The third-order valence-corrected chi connectivity index (χ3v) is 1.55. The summed E-state index contributed by atoms with van der Waals surface area (Å²) in [6, 6.07) is -0.752. The molecule has 0 aliphatic carbocycles. The molecule has 0 aliphatic heterocycles. The lowest BCUT2D eigenvalue weighted by Crippen LogP contribution is -2.41. The van der Waals surface area contributed by atoms with E-state index in [2.05, 4.69) is 0 Å². The summed E-state index contributed by atoms with van der Waals surface area (Å²) in [7, 11) is 3.79. The van der Waals surface area contributed by atoms with E-state index < -0.39 is 12.0 Å². The van der Waals surface area contributed by atoms with Gasteiger partial charge in [-0.2, -0.15) is 0 Å². The Bertz CT molecular complexity index is 136. The van der Waals surface area contributed by atoms with Gasteiger partial charge in [-0.15, -0.1) is 0 Å². The second kappa shape index (κ2) is 4.31. The Labute approximate surface area is 67.0 Å². The number of aliphatic carboxylic acids is 1. The lowest BCUT2D eigenvalue weighted by molar-refractivity contribution is -0.139. The SMILES string of the molecule is CC(CN(C)C)[C@H](N)C(=O)O. The maximum atomic E-state index is 10.4. The Kier molecular flexibility index (Phi) is 4.07. The molecule has 0 aromatic rings. The van der Waals surface area contributed by atoms with E-state index in [0.29, 0.717) is 6.54 Å². The smallest absolute Gasteiger partial charge is 0.320 e. The van der Waals surface area contributed by atoms with Gasteiger partial charge < -0.3 is 15.7 Å². The maximum Gasteiger partial charge on any atom is 0.320 e. The first-order chi connectivity index (χ1) is 4.95. The number of nitrogens with zero attached hydrogens (tertiary/aromatic N) is 1. The van der Waals surface area contributed by atoms with Crippen LogP contribution in [0.3, 0.4) is 0 Å². The van der Waals surface area contributed by atoms with Crippen molar-refractivity contribution < 1.29 is 9.90 Å². The first-order valence-corrected chi connectivity index (χ1v) is 3.58. The number of hydrogen-bond acceptors (Lipinski definition) is 3. The molecular formula is C7H16N2O2. The van der Waals surface area contributed by atoms with Gasteiger partial charge in [0.25, 0.3) is 0 Å². The highest BCUT2D eigenvalue weighted by Gasteiger charge is 2.19. The molecule has 2 atom stereocenters. The zero-order valence-electron chi connectivity index (χ0n) is 7.24. The largest absolute Gasteiger partial charge is 0.480 e. The Morgan fingerprint density at radius 2 is 2.09 bits per heavy atom. The molecule has 0 rings (SSSR count). The third kappa shape index (κ3) is 3.95. The summed E-state index contributed by atoms with van der Waals surface area (Å²) in [4.78, 5) is 12.3. The van der Waals surface area contributed by atoms with Crippen molar-refractivity contribution >= 4 is 5.97 Å². The number of carbonyl (C=O) groups is 1. The molecule has 1 unspecified atom stereocenters. The lowest BCUT2D eigenvalue weighted by atomic mass is 10.0. The van der Waals surface area contributed by atoms with Crippen molar-refractivity contribution in [2.24, 2.45) is 11.7 Å². The minimum atomic E-state index is -0.931. The standard InChI is InChI=1S/C7H16N2O2/c1-5(4-9(2)3)6(8)7(10)11/h5-6H,4,8H2,1-3H3,(H,10,11)/t5?,6-/m0/s1. The summed E-state index contributed by atoms with van der Waals surface area (Å²) in [5.74, 6) is -0.943. The third-order valence-electron chi connectivity index (χ3n) is 1.55. The van der Waals surface area contributed by atoms with E-state index in [-0.39, 0.29) is 5.92 Å². The van der Waals surface area contributed by atoms with Crippen molar-refractivity contribution in [2.75, 3.05) is 20.6 Å². The van der Waals surface area contributed by atoms with Crippen LogP contribution in [-0.2, 0) is 4.79 Å². The number of carboxylic acid groups (broad SMARTS) is 1. The molecular weight excluding hydrogens is 144 g/mol. The molecule has 3 N–H and O–H groups in total. The number of rotatable bonds is 4. The zero-order valence-corrected chi connectivity index (χ0v) is 7.24. The Hall–Kier alpha value is -0.610. The minimum absolute atomic E-state index is 0.0116. The highest BCUT2D eigenvalue weighted by Crippen LogP contribution is 2.01. The Balaban J connectivity index is 3.82. The monoisotopic (exact) mass is 160 g/mol. The van der Waals surface area contributed by atoms with Gasteiger partial charge in [0.15, 0.2) is 0 Å². The van der Waals surface area contributed by atoms with Gasteiger partial charge in [-0.05, 0) is 20.0 Å². The van der Waals surface area contributed by atoms with Crippen molar-refractivity contribution in [1.82, 2.24) is 4.90 Å². The van der Waals surface area contributed by atoms with E-state index in [1.165, 1.54) is 0 Å². The van der Waals surface area contributed by atoms with Crippen LogP contribution in [0.15, 0.2) is 0 Å². The normalized spacial score (nSPS) is 16.5. The van der Waals surface area contributed by atoms with E-state index in [4.69, 9.17) is 10.8 Å². The topological polar surface area (TPSA) is 66.6 Å². The predicted octanol–water partition coefficient (Wildman–Crippen LogP) is -0.404. The molecule has 0 heterocycles. The van der Waals surface area contributed by atoms with Crippen molar-refractivity contribution in [1.29, 1.82) is 0 Å². The lowest BCUT2D eigenvalue weighted by Gasteiger charge is -2.19. The van der Waals surface area contributed by atoms with Crippen LogP contribution in [0.5, 0.6) is 0 Å². The molecule has 0 spiro atoms. The fourth-order valence-electron chi connectivity index (χ4n) is 0.933. The van der Waals surface area contributed by atoms with Crippen LogP contribution in [0.4, 0.5) is 0 Å². The van der Waals surface area contributed by atoms with E-state index in [1.54, 1.807) is 0 Å². The van der Waals surface area contributed by atoms with Gasteiger partial charge in [0.1, 0.15) is 6.04 Å². The summed E-state index contributed by atoms with van der Waals surface area (Å²) in [5, 5.41) is 8.52. The zero-order chi connectivity index (χ0) is 9.02. The van der Waals surface area contributed by atoms with E-state index in [0.717, 1.165) is 0 Å². The van der Waals surface area contributed by atoms with Gasteiger partial charge in [-0.1, -0.05) is 6.92 Å².